The number of thiophene rings is 1. The Morgan fingerprint density at radius 3 is 2.52 bits per heavy atom. The number of hydrogen-bond acceptors (Lipinski definition) is 5. The lowest BCUT2D eigenvalue weighted by molar-refractivity contribution is -0.128. The Bertz CT molecular complexity index is 664. The lowest BCUT2D eigenvalue weighted by atomic mass is 10.4. The first-order valence-electron chi connectivity index (χ1n) is 6.11. The number of rotatable bonds is 5. The van der Waals surface area contributed by atoms with E-state index >= 15 is 0 Å². The van der Waals surface area contributed by atoms with Crippen LogP contribution in [0.5, 0.6) is 0 Å². The molecule has 21 heavy (non-hydrogen) atoms. The van der Waals surface area contributed by atoms with Gasteiger partial charge in [0, 0.05) is 13.1 Å². The lowest BCUT2D eigenvalue weighted by Gasteiger charge is -2.15. The number of nitrogens with zero attached hydrogens (tertiary/aromatic N) is 1. The van der Waals surface area contributed by atoms with E-state index in [2.05, 4.69) is 20.7 Å². The number of carboxylic acid groups (broad SMARTS) is 1. The van der Waals surface area contributed by atoms with Gasteiger partial charge in [0.1, 0.15) is 9.77 Å². The van der Waals surface area contributed by atoms with Crippen molar-refractivity contribution < 1.29 is 23.1 Å². The molecule has 1 aromatic heterocycles. The van der Waals surface area contributed by atoms with Gasteiger partial charge in [-0.2, -0.15) is 0 Å². The fourth-order valence-electron chi connectivity index (χ4n) is 1.95. The Labute approximate surface area is 134 Å². The molecule has 116 valence electrons. The molecule has 0 spiro atoms. The second-order valence-electron chi connectivity index (χ2n) is 4.47. The van der Waals surface area contributed by atoms with Gasteiger partial charge in [-0.15, -0.1) is 11.3 Å². The molecule has 7 nitrogen and oxygen atoms in total. The molecule has 10 heteroatoms. The number of hydrogen-bond donors (Lipinski definition) is 2. The van der Waals surface area contributed by atoms with Crippen LogP contribution in [-0.2, 0) is 14.8 Å². The monoisotopic (exact) mass is 396 g/mol. The molecule has 2 N–H and O–H groups in total. The zero-order chi connectivity index (χ0) is 15.6. The number of nitrogens with one attached hydrogen (secondary N) is 1. The van der Waals surface area contributed by atoms with E-state index in [-0.39, 0.29) is 26.0 Å². The highest BCUT2D eigenvalue weighted by Gasteiger charge is 2.25. The van der Waals surface area contributed by atoms with Gasteiger partial charge in [0.15, 0.2) is 0 Å². The summed E-state index contributed by atoms with van der Waals surface area (Å²) in [6.45, 7) is 0.963. The number of halogens is 1. The molecular weight excluding hydrogens is 384 g/mol. The maximum absolute atomic E-state index is 12.1. The van der Waals surface area contributed by atoms with E-state index in [4.69, 9.17) is 5.11 Å². The topological polar surface area (TPSA) is 104 Å². The fourth-order valence-corrected chi connectivity index (χ4v) is 5.33. The number of sulfonamides is 1. The van der Waals surface area contributed by atoms with E-state index in [1.165, 1.54) is 0 Å². The lowest BCUT2D eigenvalue weighted by Crippen LogP contribution is -2.38. The van der Waals surface area contributed by atoms with Crippen LogP contribution in [0, 0.1) is 0 Å². The summed E-state index contributed by atoms with van der Waals surface area (Å²) in [5.41, 5.74) is 0. The summed E-state index contributed by atoms with van der Waals surface area (Å²) in [6, 6.07) is 1.07. The summed E-state index contributed by atoms with van der Waals surface area (Å²) in [5, 5.41) is 8.86. The Hall–Kier alpha value is -0.970. The van der Waals surface area contributed by atoms with Gasteiger partial charge in [-0.05, 0) is 34.8 Å². The molecule has 0 unspecified atom stereocenters. The quantitative estimate of drug-likeness (QED) is 0.775. The van der Waals surface area contributed by atoms with Crippen LogP contribution in [0.4, 0.5) is 0 Å². The first-order chi connectivity index (χ1) is 9.81. The maximum Gasteiger partial charge on any atom is 0.345 e. The van der Waals surface area contributed by atoms with Crippen molar-refractivity contribution >= 4 is 49.2 Å². The van der Waals surface area contributed by atoms with Crippen molar-refractivity contribution in [3.8, 4) is 0 Å². The van der Waals surface area contributed by atoms with Crippen molar-refractivity contribution in [1.29, 1.82) is 0 Å². The third-order valence-electron chi connectivity index (χ3n) is 3.03. The van der Waals surface area contributed by atoms with E-state index in [9.17, 15) is 18.0 Å². The first kappa shape index (κ1) is 16.4. The molecule has 1 aliphatic heterocycles. The van der Waals surface area contributed by atoms with Gasteiger partial charge in [-0.3, -0.25) is 4.79 Å². The van der Waals surface area contributed by atoms with E-state index in [0.717, 1.165) is 30.2 Å². The molecule has 0 aromatic carbocycles. The van der Waals surface area contributed by atoms with E-state index in [1.807, 2.05) is 0 Å². The molecule has 0 aliphatic carbocycles. The molecule has 1 fully saturated rings. The van der Waals surface area contributed by atoms with Crippen LogP contribution in [0.25, 0.3) is 0 Å². The number of carbonyl (C=O) groups is 2. The van der Waals surface area contributed by atoms with Crippen LogP contribution in [0.3, 0.4) is 0 Å². The predicted octanol–water partition coefficient (Wildman–Crippen LogP) is 1.11. The smallest absolute Gasteiger partial charge is 0.345 e. The molecule has 1 aliphatic rings. The standard InChI is InChI=1S/C11H13BrN2O5S2/c12-10-8(5-7(20-10)11(16)17)21(18,19)13-6-9(15)14-3-1-2-4-14/h5,13H,1-4,6H2,(H,16,17). The second-order valence-corrected chi connectivity index (χ2v) is 8.57. The highest BCUT2D eigenvalue weighted by Crippen LogP contribution is 2.31. The number of aromatic carboxylic acids is 1. The van der Waals surface area contributed by atoms with Gasteiger partial charge < -0.3 is 10.0 Å². The Balaban J connectivity index is 2.07. The van der Waals surface area contributed by atoms with Crippen molar-refractivity contribution in [2.75, 3.05) is 19.6 Å². The molecule has 1 amide bonds. The molecule has 0 atom stereocenters. The molecular formula is C11H13BrN2O5S2. The zero-order valence-electron chi connectivity index (χ0n) is 10.8. The second kappa shape index (κ2) is 6.42. The van der Waals surface area contributed by atoms with Crippen LogP contribution in [0.15, 0.2) is 14.7 Å². The highest BCUT2D eigenvalue weighted by molar-refractivity contribution is 9.11. The summed E-state index contributed by atoms with van der Waals surface area (Å²) >= 11 is 3.85. The Morgan fingerprint density at radius 1 is 1.38 bits per heavy atom. The number of carboxylic acids is 1. The fraction of sp³-hybridized carbons (Fsp3) is 0.455. The molecule has 1 aromatic rings. The summed E-state index contributed by atoms with van der Waals surface area (Å²) in [4.78, 5) is 24.0. The number of likely N-dealkylation sites (tertiary alicyclic amines) is 1. The van der Waals surface area contributed by atoms with Crippen LogP contribution in [-0.4, -0.2) is 49.9 Å². The number of carbonyl (C=O) groups excluding carboxylic acids is 1. The normalized spacial score (nSPS) is 15.4. The van der Waals surface area contributed by atoms with E-state index < -0.39 is 16.0 Å². The minimum absolute atomic E-state index is 0.0897. The predicted molar refractivity (Wildman–Crippen MR) is 80.0 cm³/mol. The van der Waals surface area contributed by atoms with Gasteiger partial charge in [-0.25, -0.2) is 17.9 Å². The molecule has 1 saturated heterocycles. The van der Waals surface area contributed by atoms with Crippen molar-refractivity contribution in [1.82, 2.24) is 9.62 Å². The largest absolute Gasteiger partial charge is 0.477 e. The molecule has 2 rings (SSSR count). The number of amides is 1. The third-order valence-corrected chi connectivity index (χ3v) is 6.67. The average Bonchev–Trinajstić information content (AvgIpc) is 3.05. The summed E-state index contributed by atoms with van der Waals surface area (Å²) in [6.07, 6.45) is 1.85. The minimum Gasteiger partial charge on any atom is -0.477 e. The van der Waals surface area contributed by atoms with Crippen LogP contribution >= 0.6 is 27.3 Å². The summed E-state index contributed by atoms with van der Waals surface area (Å²) < 4.78 is 26.6. The van der Waals surface area contributed by atoms with Crippen molar-refractivity contribution in [2.45, 2.75) is 17.7 Å². The third kappa shape index (κ3) is 3.82. The van der Waals surface area contributed by atoms with Crippen molar-refractivity contribution in [3.63, 3.8) is 0 Å². The van der Waals surface area contributed by atoms with Crippen molar-refractivity contribution in [3.05, 3.63) is 14.7 Å². The Morgan fingerprint density at radius 2 is 2.00 bits per heavy atom. The van der Waals surface area contributed by atoms with E-state index in [1.54, 1.807) is 4.90 Å². The van der Waals surface area contributed by atoms with Gasteiger partial charge in [-0.1, -0.05) is 0 Å². The summed E-state index contributed by atoms with van der Waals surface area (Å²) in [5.74, 6) is -1.48. The minimum atomic E-state index is -3.93. The molecule has 0 radical (unpaired) electrons. The molecule has 2 heterocycles. The molecule has 0 bridgehead atoms. The Kier molecular flexibility index (Phi) is 5.02. The van der Waals surface area contributed by atoms with Crippen LogP contribution in [0.1, 0.15) is 22.5 Å². The maximum atomic E-state index is 12.1. The van der Waals surface area contributed by atoms with Crippen LogP contribution < -0.4 is 4.72 Å². The SMILES string of the molecule is O=C(O)c1cc(S(=O)(=O)NCC(=O)N2CCCC2)c(Br)s1. The summed E-state index contributed by atoms with van der Waals surface area (Å²) in [7, 11) is -3.93. The zero-order valence-corrected chi connectivity index (χ0v) is 14.1. The van der Waals surface area contributed by atoms with Gasteiger partial charge in [0.25, 0.3) is 0 Å². The van der Waals surface area contributed by atoms with Gasteiger partial charge in [0.2, 0.25) is 15.9 Å². The molecule has 0 saturated carbocycles. The average molecular weight is 397 g/mol. The van der Waals surface area contributed by atoms with Gasteiger partial charge >= 0.3 is 5.97 Å². The van der Waals surface area contributed by atoms with Gasteiger partial charge in [0.05, 0.1) is 10.3 Å². The first-order valence-corrected chi connectivity index (χ1v) is 9.20. The van der Waals surface area contributed by atoms with E-state index in [0.29, 0.717) is 13.1 Å². The van der Waals surface area contributed by atoms with Crippen molar-refractivity contribution in [2.24, 2.45) is 0 Å². The highest BCUT2D eigenvalue weighted by atomic mass is 79.9. The van der Waals surface area contributed by atoms with Crippen LogP contribution in [0.2, 0.25) is 0 Å².